The number of hydrogen-bond donors (Lipinski definition) is 1. The maximum absolute atomic E-state index is 4.67. The standard InChI is InChI=1S/C15H24N4S.HI/c1-2-16-15(17-13-5-3-6-13)19-10-8-18(9-11-19)14-7-4-12-20-14;/h4,7,12-13H,2-3,5-6,8-11H2,1H3,(H,16,17);1H. The Morgan fingerprint density at radius 1 is 1.33 bits per heavy atom. The van der Waals surface area contributed by atoms with Crippen LogP contribution in [0.5, 0.6) is 0 Å². The first-order chi connectivity index (χ1) is 9.86. The van der Waals surface area contributed by atoms with Crippen LogP contribution in [-0.2, 0) is 0 Å². The van der Waals surface area contributed by atoms with Gasteiger partial charge in [0.2, 0.25) is 0 Å². The number of rotatable bonds is 3. The molecule has 6 heteroatoms. The number of guanidine groups is 1. The van der Waals surface area contributed by atoms with Crippen LogP contribution in [0.1, 0.15) is 26.2 Å². The van der Waals surface area contributed by atoms with E-state index in [4.69, 9.17) is 0 Å². The first-order valence-corrected chi connectivity index (χ1v) is 8.59. The van der Waals surface area contributed by atoms with E-state index in [-0.39, 0.29) is 24.0 Å². The van der Waals surface area contributed by atoms with Crippen LogP contribution in [0.4, 0.5) is 5.00 Å². The van der Waals surface area contributed by atoms with E-state index in [1.165, 1.54) is 24.3 Å². The van der Waals surface area contributed by atoms with E-state index in [1.807, 2.05) is 11.3 Å². The van der Waals surface area contributed by atoms with Crippen LogP contribution >= 0.6 is 35.3 Å². The van der Waals surface area contributed by atoms with Gasteiger partial charge in [-0.25, -0.2) is 0 Å². The van der Waals surface area contributed by atoms with Gasteiger partial charge in [-0.3, -0.25) is 4.99 Å². The summed E-state index contributed by atoms with van der Waals surface area (Å²) >= 11 is 1.83. The van der Waals surface area contributed by atoms with Gasteiger partial charge in [0.05, 0.1) is 5.00 Å². The summed E-state index contributed by atoms with van der Waals surface area (Å²) in [6.07, 6.45) is 3.97. The molecule has 4 nitrogen and oxygen atoms in total. The maximum Gasteiger partial charge on any atom is 0.194 e. The van der Waals surface area contributed by atoms with Crippen molar-refractivity contribution < 1.29 is 0 Å². The molecule has 0 atom stereocenters. The van der Waals surface area contributed by atoms with Gasteiger partial charge in [-0.1, -0.05) is 0 Å². The van der Waals surface area contributed by atoms with E-state index in [0.717, 1.165) is 38.7 Å². The number of hydrogen-bond acceptors (Lipinski definition) is 3. The molecule has 0 aromatic carbocycles. The van der Waals surface area contributed by atoms with E-state index in [0.29, 0.717) is 6.04 Å². The Balaban J connectivity index is 0.00000161. The number of halogens is 1. The minimum absolute atomic E-state index is 0. The molecule has 1 N–H and O–H groups in total. The molecule has 1 aromatic heterocycles. The van der Waals surface area contributed by atoms with Gasteiger partial charge in [-0.05, 0) is 43.7 Å². The summed E-state index contributed by atoms with van der Waals surface area (Å²) in [4.78, 5) is 9.58. The third kappa shape index (κ3) is 4.25. The number of aliphatic imine (C=N–C) groups is 1. The Bertz CT molecular complexity index is 437. The molecule has 0 unspecified atom stereocenters. The van der Waals surface area contributed by atoms with Crippen LogP contribution in [0.3, 0.4) is 0 Å². The average Bonchev–Trinajstić information content (AvgIpc) is 2.96. The first-order valence-electron chi connectivity index (χ1n) is 7.71. The lowest BCUT2D eigenvalue weighted by atomic mass is 9.93. The van der Waals surface area contributed by atoms with Gasteiger partial charge < -0.3 is 15.1 Å². The van der Waals surface area contributed by atoms with Gasteiger partial charge in [0, 0.05) is 38.8 Å². The summed E-state index contributed by atoms with van der Waals surface area (Å²) in [7, 11) is 0. The molecule has 1 aromatic rings. The molecule has 0 bridgehead atoms. The van der Waals surface area contributed by atoms with Crippen molar-refractivity contribution in [2.45, 2.75) is 32.2 Å². The Morgan fingerprint density at radius 3 is 2.62 bits per heavy atom. The van der Waals surface area contributed by atoms with Crippen molar-refractivity contribution in [1.82, 2.24) is 10.2 Å². The molecule has 3 rings (SSSR count). The summed E-state index contributed by atoms with van der Waals surface area (Å²) in [6, 6.07) is 5.01. The van der Waals surface area contributed by atoms with E-state index in [1.54, 1.807) is 0 Å². The minimum Gasteiger partial charge on any atom is -0.360 e. The fraction of sp³-hybridized carbons (Fsp3) is 0.667. The molecular weight excluding hydrogens is 395 g/mol. The summed E-state index contributed by atoms with van der Waals surface area (Å²) < 4.78 is 0. The van der Waals surface area contributed by atoms with Crippen molar-refractivity contribution >= 4 is 46.3 Å². The van der Waals surface area contributed by atoms with E-state index in [2.05, 4.69) is 44.5 Å². The zero-order valence-electron chi connectivity index (χ0n) is 12.6. The van der Waals surface area contributed by atoms with Gasteiger partial charge in [0.1, 0.15) is 0 Å². The largest absolute Gasteiger partial charge is 0.360 e. The highest BCUT2D eigenvalue weighted by molar-refractivity contribution is 14.0. The monoisotopic (exact) mass is 420 g/mol. The molecule has 1 aliphatic heterocycles. The van der Waals surface area contributed by atoms with Crippen molar-refractivity contribution in [1.29, 1.82) is 0 Å². The Morgan fingerprint density at radius 2 is 2.10 bits per heavy atom. The lowest BCUT2D eigenvalue weighted by molar-refractivity contribution is 0.332. The highest BCUT2D eigenvalue weighted by Crippen LogP contribution is 2.23. The van der Waals surface area contributed by atoms with E-state index >= 15 is 0 Å². The number of piperazine rings is 1. The van der Waals surface area contributed by atoms with Crippen molar-refractivity contribution in [3.8, 4) is 0 Å². The predicted molar refractivity (Wildman–Crippen MR) is 102 cm³/mol. The highest BCUT2D eigenvalue weighted by Gasteiger charge is 2.24. The minimum atomic E-state index is 0. The Labute approximate surface area is 148 Å². The number of nitrogens with zero attached hydrogens (tertiary/aromatic N) is 3. The Hall–Kier alpha value is -0.500. The van der Waals surface area contributed by atoms with Gasteiger partial charge in [0.25, 0.3) is 0 Å². The van der Waals surface area contributed by atoms with Crippen LogP contribution < -0.4 is 10.2 Å². The average molecular weight is 420 g/mol. The van der Waals surface area contributed by atoms with E-state index in [9.17, 15) is 0 Å². The lowest BCUT2D eigenvalue weighted by Gasteiger charge is -2.39. The summed E-state index contributed by atoms with van der Waals surface area (Å²) in [6.45, 7) is 7.29. The molecule has 21 heavy (non-hydrogen) atoms. The third-order valence-electron chi connectivity index (χ3n) is 4.14. The second-order valence-electron chi connectivity index (χ2n) is 5.50. The fourth-order valence-electron chi connectivity index (χ4n) is 2.71. The summed E-state index contributed by atoms with van der Waals surface area (Å²) in [5, 5.41) is 7.18. The summed E-state index contributed by atoms with van der Waals surface area (Å²) in [5.74, 6) is 1.13. The van der Waals surface area contributed by atoms with Gasteiger partial charge in [-0.15, -0.1) is 35.3 Å². The molecule has 2 heterocycles. The number of nitrogens with one attached hydrogen (secondary N) is 1. The topological polar surface area (TPSA) is 30.9 Å². The van der Waals surface area contributed by atoms with Gasteiger partial charge >= 0.3 is 0 Å². The molecule has 2 aliphatic rings. The smallest absolute Gasteiger partial charge is 0.194 e. The van der Waals surface area contributed by atoms with Crippen molar-refractivity contribution in [3.63, 3.8) is 0 Å². The van der Waals surface area contributed by atoms with Crippen LogP contribution in [0, 0.1) is 0 Å². The molecular formula is C15H25IN4S. The van der Waals surface area contributed by atoms with Crippen LogP contribution in [0.25, 0.3) is 0 Å². The molecule has 2 fully saturated rings. The molecule has 0 spiro atoms. The molecule has 1 saturated heterocycles. The SMILES string of the molecule is CCN=C(NC1CCC1)N1CCN(c2cccs2)CC1.I. The summed E-state index contributed by atoms with van der Waals surface area (Å²) in [5.41, 5.74) is 0. The second kappa shape index (κ2) is 8.22. The zero-order chi connectivity index (χ0) is 13.8. The quantitative estimate of drug-likeness (QED) is 0.464. The van der Waals surface area contributed by atoms with E-state index < -0.39 is 0 Å². The third-order valence-corrected chi connectivity index (χ3v) is 5.07. The molecule has 0 amide bonds. The number of anilines is 1. The van der Waals surface area contributed by atoms with Crippen molar-refractivity contribution in [2.75, 3.05) is 37.6 Å². The Kier molecular flexibility index (Phi) is 6.60. The first kappa shape index (κ1) is 16.9. The van der Waals surface area contributed by atoms with Crippen LogP contribution in [0.2, 0.25) is 0 Å². The maximum atomic E-state index is 4.67. The molecule has 1 saturated carbocycles. The molecule has 118 valence electrons. The zero-order valence-corrected chi connectivity index (χ0v) is 15.8. The van der Waals surface area contributed by atoms with Crippen molar-refractivity contribution in [3.05, 3.63) is 17.5 Å². The molecule has 1 aliphatic carbocycles. The fourth-order valence-corrected chi connectivity index (χ4v) is 3.50. The predicted octanol–water partition coefficient (Wildman–Crippen LogP) is 3.01. The molecule has 0 radical (unpaired) electrons. The van der Waals surface area contributed by atoms with Gasteiger partial charge in [0.15, 0.2) is 5.96 Å². The van der Waals surface area contributed by atoms with Crippen LogP contribution in [-0.4, -0.2) is 49.6 Å². The lowest BCUT2D eigenvalue weighted by Crippen LogP contribution is -2.55. The highest BCUT2D eigenvalue weighted by atomic mass is 127. The van der Waals surface area contributed by atoms with Crippen molar-refractivity contribution in [2.24, 2.45) is 4.99 Å². The van der Waals surface area contributed by atoms with Gasteiger partial charge in [-0.2, -0.15) is 0 Å². The number of thiophene rings is 1. The van der Waals surface area contributed by atoms with Crippen LogP contribution in [0.15, 0.2) is 22.5 Å². The normalized spacial score (nSPS) is 20.0. The second-order valence-corrected chi connectivity index (χ2v) is 6.42.